The fourth-order valence-corrected chi connectivity index (χ4v) is 4.09. The lowest BCUT2D eigenvalue weighted by Crippen LogP contribution is -1.89. The van der Waals surface area contributed by atoms with E-state index in [1.807, 2.05) is 0 Å². The Morgan fingerprint density at radius 2 is 1.77 bits per heavy atom. The Hall–Kier alpha value is -3.73. The minimum Gasteiger partial charge on any atom is -0.435 e. The summed E-state index contributed by atoms with van der Waals surface area (Å²) in [7, 11) is 0. The van der Waals surface area contributed by atoms with E-state index in [2.05, 4.69) is 57.2 Å². The lowest BCUT2D eigenvalue weighted by Gasteiger charge is -2.11. The molecule has 1 aromatic heterocycles. The molecule has 5 heteroatoms. The van der Waals surface area contributed by atoms with Crippen LogP contribution in [0.15, 0.2) is 65.1 Å². The maximum Gasteiger partial charge on any atom is 0.270 e. The van der Waals surface area contributed by atoms with E-state index in [-0.39, 0.29) is 5.69 Å². The number of non-ortho nitro benzene ring substituents is 1. The quantitative estimate of drug-likeness (QED) is 0.185. The van der Waals surface area contributed by atoms with Gasteiger partial charge in [0.15, 0.2) is 5.58 Å². The number of oxazole rings is 1. The molecule has 0 atom stereocenters. The summed E-state index contributed by atoms with van der Waals surface area (Å²) in [4.78, 5) is 15.6. The number of aromatic nitrogens is 1. The number of hydrogen-bond donors (Lipinski definition) is 0. The fraction of sp³-hybridized carbons (Fsp3) is 0.160. The molecule has 0 spiro atoms. The van der Waals surface area contributed by atoms with E-state index in [1.54, 1.807) is 12.1 Å². The molecule has 1 heterocycles. The van der Waals surface area contributed by atoms with Gasteiger partial charge in [-0.15, -0.1) is 0 Å². The second-order valence-electron chi connectivity index (χ2n) is 7.96. The first-order chi connectivity index (χ1) is 14.4. The first-order valence-electron chi connectivity index (χ1n) is 9.94. The Labute approximate surface area is 173 Å². The average molecular weight is 396 g/mol. The van der Waals surface area contributed by atoms with Crippen LogP contribution in [0, 0.1) is 17.0 Å². The van der Waals surface area contributed by atoms with Crippen LogP contribution in [-0.2, 0) is 0 Å². The van der Waals surface area contributed by atoms with E-state index >= 15 is 0 Å². The summed E-state index contributed by atoms with van der Waals surface area (Å²) in [5.74, 6) is 0.779. The van der Waals surface area contributed by atoms with E-state index in [0.29, 0.717) is 17.4 Å². The lowest BCUT2D eigenvalue weighted by molar-refractivity contribution is -0.384. The van der Waals surface area contributed by atoms with E-state index in [1.165, 1.54) is 17.7 Å². The van der Waals surface area contributed by atoms with Crippen molar-refractivity contribution < 1.29 is 9.34 Å². The molecule has 5 nitrogen and oxygen atoms in total. The number of nitrogens with zero attached hydrogens (tertiary/aromatic N) is 2. The van der Waals surface area contributed by atoms with Crippen LogP contribution >= 0.6 is 0 Å². The summed E-state index contributed by atoms with van der Waals surface area (Å²) >= 11 is 0. The summed E-state index contributed by atoms with van der Waals surface area (Å²) in [5.41, 5.74) is 4.46. The van der Waals surface area contributed by atoms with Crippen LogP contribution in [0.5, 0.6) is 0 Å². The molecule has 0 aliphatic heterocycles. The Balaban J connectivity index is 1.91. The van der Waals surface area contributed by atoms with Gasteiger partial charge in [0, 0.05) is 28.5 Å². The van der Waals surface area contributed by atoms with Crippen molar-refractivity contribution in [1.29, 1.82) is 0 Å². The average Bonchev–Trinajstić information content (AvgIpc) is 3.19. The topological polar surface area (TPSA) is 69.2 Å². The van der Waals surface area contributed by atoms with Gasteiger partial charge in [0.2, 0.25) is 5.89 Å². The zero-order chi connectivity index (χ0) is 21.0. The number of nitro benzene ring substituents is 1. The molecule has 5 aromatic rings. The summed E-state index contributed by atoms with van der Waals surface area (Å²) in [5, 5.41) is 15.5. The fourth-order valence-electron chi connectivity index (χ4n) is 4.09. The van der Waals surface area contributed by atoms with Gasteiger partial charge in [0.1, 0.15) is 5.52 Å². The van der Waals surface area contributed by atoms with Crippen LogP contribution in [0.1, 0.15) is 30.9 Å². The molecule has 0 N–H and O–H groups in total. The van der Waals surface area contributed by atoms with Crippen molar-refractivity contribution >= 4 is 38.3 Å². The van der Waals surface area contributed by atoms with Crippen LogP contribution in [0.3, 0.4) is 0 Å². The molecule has 0 fully saturated rings. The molecule has 148 valence electrons. The van der Waals surface area contributed by atoms with Gasteiger partial charge in [-0.3, -0.25) is 10.1 Å². The third-order valence-corrected chi connectivity index (χ3v) is 5.69. The van der Waals surface area contributed by atoms with Crippen molar-refractivity contribution in [2.45, 2.75) is 26.7 Å². The van der Waals surface area contributed by atoms with Crippen molar-refractivity contribution in [3.8, 4) is 11.5 Å². The Morgan fingerprint density at radius 1 is 0.967 bits per heavy atom. The molecule has 5 rings (SSSR count). The third-order valence-electron chi connectivity index (χ3n) is 5.69. The summed E-state index contributed by atoms with van der Waals surface area (Å²) in [6.45, 7) is 6.40. The molecule has 30 heavy (non-hydrogen) atoms. The molecular weight excluding hydrogens is 376 g/mol. The number of benzene rings is 4. The van der Waals surface area contributed by atoms with E-state index in [9.17, 15) is 10.1 Å². The van der Waals surface area contributed by atoms with Crippen LogP contribution in [0.25, 0.3) is 44.1 Å². The van der Waals surface area contributed by atoms with Gasteiger partial charge in [0.05, 0.1) is 4.92 Å². The number of fused-ring (bicyclic) bond motifs is 6. The van der Waals surface area contributed by atoms with Crippen molar-refractivity contribution in [2.24, 2.45) is 0 Å². The molecule has 0 aliphatic rings. The SMILES string of the molecule is Cc1cccc2c3ccc(C(C)C)cc3c3nc(-c4cccc([N+](=O)[O-])c4)oc3c12. The lowest BCUT2D eigenvalue weighted by atomic mass is 9.94. The monoisotopic (exact) mass is 396 g/mol. The smallest absolute Gasteiger partial charge is 0.270 e. The zero-order valence-corrected chi connectivity index (χ0v) is 17.0. The van der Waals surface area contributed by atoms with Gasteiger partial charge in [0.25, 0.3) is 5.69 Å². The molecule has 0 bridgehead atoms. The standard InChI is InChI=1S/C25H20N2O3/c1-14(2)16-10-11-19-20-9-4-6-15(3)22(20)24-23(21(19)13-16)26-25(30-24)17-7-5-8-18(12-17)27(28)29/h4-14H,1-3H3. The minimum atomic E-state index is -0.407. The first kappa shape index (κ1) is 18.3. The van der Waals surface area contributed by atoms with Gasteiger partial charge in [-0.05, 0) is 46.9 Å². The Morgan fingerprint density at radius 3 is 2.53 bits per heavy atom. The molecule has 0 unspecified atom stereocenters. The van der Waals surface area contributed by atoms with E-state index in [4.69, 9.17) is 9.40 Å². The second kappa shape index (κ2) is 6.66. The van der Waals surface area contributed by atoms with Gasteiger partial charge >= 0.3 is 0 Å². The number of rotatable bonds is 3. The predicted molar refractivity (Wildman–Crippen MR) is 120 cm³/mol. The highest BCUT2D eigenvalue weighted by molar-refractivity contribution is 6.23. The Kier molecular flexibility index (Phi) is 4.07. The van der Waals surface area contributed by atoms with Gasteiger partial charge < -0.3 is 4.42 Å². The highest BCUT2D eigenvalue weighted by Crippen LogP contribution is 2.39. The highest BCUT2D eigenvalue weighted by Gasteiger charge is 2.19. The largest absolute Gasteiger partial charge is 0.435 e. The molecule has 4 aromatic carbocycles. The van der Waals surface area contributed by atoms with E-state index < -0.39 is 4.92 Å². The van der Waals surface area contributed by atoms with Crippen molar-refractivity contribution in [1.82, 2.24) is 4.98 Å². The zero-order valence-electron chi connectivity index (χ0n) is 17.0. The van der Waals surface area contributed by atoms with Crippen molar-refractivity contribution in [2.75, 3.05) is 0 Å². The number of nitro groups is 1. The Bertz CT molecular complexity index is 1460. The normalized spacial score (nSPS) is 11.7. The summed E-state index contributed by atoms with van der Waals surface area (Å²) in [6, 6.07) is 19.1. The second-order valence-corrected chi connectivity index (χ2v) is 7.96. The van der Waals surface area contributed by atoms with Crippen LogP contribution in [-0.4, -0.2) is 9.91 Å². The third kappa shape index (κ3) is 2.74. The molecule has 0 radical (unpaired) electrons. The van der Waals surface area contributed by atoms with Gasteiger partial charge in [-0.1, -0.05) is 50.2 Å². The van der Waals surface area contributed by atoms with Crippen LogP contribution in [0.4, 0.5) is 5.69 Å². The van der Waals surface area contributed by atoms with Crippen molar-refractivity contribution in [3.63, 3.8) is 0 Å². The van der Waals surface area contributed by atoms with Crippen LogP contribution in [0.2, 0.25) is 0 Å². The highest BCUT2D eigenvalue weighted by atomic mass is 16.6. The maximum atomic E-state index is 11.2. The van der Waals surface area contributed by atoms with Gasteiger partial charge in [-0.25, -0.2) is 4.98 Å². The van der Waals surface area contributed by atoms with E-state index in [0.717, 1.165) is 38.2 Å². The molecule has 0 aliphatic carbocycles. The number of hydrogen-bond acceptors (Lipinski definition) is 4. The minimum absolute atomic E-state index is 0.0164. The maximum absolute atomic E-state index is 11.2. The molecule has 0 saturated carbocycles. The summed E-state index contributed by atoms with van der Waals surface area (Å²) in [6.07, 6.45) is 0. The molecule has 0 saturated heterocycles. The van der Waals surface area contributed by atoms with Crippen LogP contribution < -0.4 is 0 Å². The number of aryl methyl sites for hydroxylation is 1. The summed E-state index contributed by atoms with van der Waals surface area (Å²) < 4.78 is 6.26. The molecular formula is C25H20N2O3. The predicted octanol–water partition coefficient (Wildman–Crippen LogP) is 7.14. The molecule has 0 amide bonds. The van der Waals surface area contributed by atoms with Crippen molar-refractivity contribution in [3.05, 3.63) is 81.9 Å². The van der Waals surface area contributed by atoms with Gasteiger partial charge in [-0.2, -0.15) is 0 Å². The first-order valence-corrected chi connectivity index (χ1v) is 9.94.